The lowest BCUT2D eigenvalue weighted by Gasteiger charge is -2.24. The summed E-state index contributed by atoms with van der Waals surface area (Å²) in [5, 5.41) is 0. The number of amides is 1. The first-order valence-electron chi connectivity index (χ1n) is 9.18. The molecule has 6 heteroatoms. The van der Waals surface area contributed by atoms with E-state index in [-0.39, 0.29) is 5.91 Å². The number of rotatable bonds is 4. The average Bonchev–Trinajstić information content (AvgIpc) is 3.56. The SMILES string of the molecule is O=C(c1ccc2nccnc2c1)N(Cc1ccc2c(c1)OCCO2)C1CC1. The van der Waals surface area contributed by atoms with E-state index in [0.29, 0.717) is 31.4 Å². The summed E-state index contributed by atoms with van der Waals surface area (Å²) in [5.41, 5.74) is 3.21. The lowest BCUT2D eigenvalue weighted by molar-refractivity contribution is 0.0729. The topological polar surface area (TPSA) is 64.6 Å². The summed E-state index contributed by atoms with van der Waals surface area (Å²) in [5.74, 6) is 1.55. The van der Waals surface area contributed by atoms with Gasteiger partial charge in [-0.05, 0) is 48.7 Å². The molecule has 6 nitrogen and oxygen atoms in total. The molecule has 3 aromatic rings. The zero-order valence-electron chi connectivity index (χ0n) is 14.8. The minimum atomic E-state index is 0.0277. The van der Waals surface area contributed by atoms with Crippen LogP contribution >= 0.6 is 0 Å². The number of carbonyl (C=O) groups is 1. The average molecular weight is 361 g/mol. The van der Waals surface area contributed by atoms with Gasteiger partial charge in [-0.15, -0.1) is 0 Å². The molecule has 1 aliphatic carbocycles. The second kappa shape index (κ2) is 6.54. The van der Waals surface area contributed by atoms with E-state index in [9.17, 15) is 4.79 Å². The molecule has 1 aliphatic heterocycles. The van der Waals surface area contributed by atoms with Crippen molar-refractivity contribution in [1.82, 2.24) is 14.9 Å². The van der Waals surface area contributed by atoms with Gasteiger partial charge in [0.2, 0.25) is 0 Å². The van der Waals surface area contributed by atoms with E-state index >= 15 is 0 Å². The Bertz CT molecular complexity index is 1020. The number of carbonyl (C=O) groups excluding carboxylic acids is 1. The fourth-order valence-corrected chi connectivity index (χ4v) is 3.40. The molecule has 0 atom stereocenters. The van der Waals surface area contributed by atoms with Crippen molar-refractivity contribution >= 4 is 16.9 Å². The molecular weight excluding hydrogens is 342 g/mol. The van der Waals surface area contributed by atoms with Gasteiger partial charge in [0.15, 0.2) is 11.5 Å². The fraction of sp³-hybridized carbons (Fsp3) is 0.286. The molecule has 2 aromatic carbocycles. The van der Waals surface area contributed by atoms with E-state index in [2.05, 4.69) is 9.97 Å². The molecule has 1 saturated carbocycles. The normalized spacial score (nSPS) is 15.6. The third-order valence-electron chi connectivity index (χ3n) is 4.92. The second-order valence-corrected chi connectivity index (χ2v) is 6.90. The summed E-state index contributed by atoms with van der Waals surface area (Å²) in [4.78, 5) is 23.7. The molecule has 136 valence electrons. The van der Waals surface area contributed by atoms with Gasteiger partial charge in [0.25, 0.3) is 5.91 Å². The van der Waals surface area contributed by atoms with Gasteiger partial charge in [-0.2, -0.15) is 0 Å². The molecule has 1 fully saturated rings. The largest absolute Gasteiger partial charge is 0.486 e. The van der Waals surface area contributed by atoms with E-state index in [1.807, 2.05) is 41.3 Å². The fourth-order valence-electron chi connectivity index (χ4n) is 3.40. The number of hydrogen-bond donors (Lipinski definition) is 0. The zero-order valence-corrected chi connectivity index (χ0v) is 14.8. The van der Waals surface area contributed by atoms with Gasteiger partial charge in [-0.1, -0.05) is 6.07 Å². The van der Waals surface area contributed by atoms with Crippen LogP contribution in [-0.2, 0) is 6.54 Å². The highest BCUT2D eigenvalue weighted by Gasteiger charge is 2.33. The molecule has 1 aromatic heterocycles. The van der Waals surface area contributed by atoms with E-state index in [0.717, 1.165) is 40.9 Å². The highest BCUT2D eigenvalue weighted by molar-refractivity contribution is 5.97. The van der Waals surface area contributed by atoms with Gasteiger partial charge in [0, 0.05) is 30.5 Å². The Labute approximate surface area is 156 Å². The van der Waals surface area contributed by atoms with Crippen molar-refractivity contribution in [3.8, 4) is 11.5 Å². The van der Waals surface area contributed by atoms with Gasteiger partial charge in [0.05, 0.1) is 11.0 Å². The summed E-state index contributed by atoms with van der Waals surface area (Å²) < 4.78 is 11.3. The van der Waals surface area contributed by atoms with Crippen molar-refractivity contribution in [2.24, 2.45) is 0 Å². The Hall–Kier alpha value is -3.15. The van der Waals surface area contributed by atoms with Crippen LogP contribution < -0.4 is 9.47 Å². The van der Waals surface area contributed by atoms with Crippen LogP contribution in [0.15, 0.2) is 48.8 Å². The van der Waals surface area contributed by atoms with Gasteiger partial charge in [-0.25, -0.2) is 0 Å². The van der Waals surface area contributed by atoms with Crippen LogP contribution in [-0.4, -0.2) is 40.0 Å². The quantitative estimate of drug-likeness (QED) is 0.714. The van der Waals surface area contributed by atoms with Crippen LogP contribution in [0, 0.1) is 0 Å². The molecule has 0 radical (unpaired) electrons. The van der Waals surface area contributed by atoms with Crippen molar-refractivity contribution in [2.75, 3.05) is 13.2 Å². The van der Waals surface area contributed by atoms with E-state index in [4.69, 9.17) is 9.47 Å². The third-order valence-corrected chi connectivity index (χ3v) is 4.92. The van der Waals surface area contributed by atoms with Crippen molar-refractivity contribution in [1.29, 1.82) is 0 Å². The monoisotopic (exact) mass is 361 g/mol. The Kier molecular flexibility index (Phi) is 3.89. The molecular formula is C21H19N3O3. The summed E-state index contributed by atoms with van der Waals surface area (Å²) >= 11 is 0. The minimum absolute atomic E-state index is 0.0277. The number of benzene rings is 2. The van der Waals surface area contributed by atoms with Crippen LogP contribution in [0.4, 0.5) is 0 Å². The Morgan fingerprint density at radius 2 is 1.74 bits per heavy atom. The predicted molar refractivity (Wildman–Crippen MR) is 99.9 cm³/mol. The Morgan fingerprint density at radius 3 is 2.56 bits per heavy atom. The van der Waals surface area contributed by atoms with Gasteiger partial charge < -0.3 is 14.4 Å². The van der Waals surface area contributed by atoms with E-state index in [1.165, 1.54) is 0 Å². The van der Waals surface area contributed by atoms with Crippen LogP contribution in [0.25, 0.3) is 11.0 Å². The summed E-state index contributed by atoms with van der Waals surface area (Å²) in [7, 11) is 0. The van der Waals surface area contributed by atoms with Crippen molar-refractivity contribution in [3.63, 3.8) is 0 Å². The molecule has 0 N–H and O–H groups in total. The molecule has 2 heterocycles. The molecule has 0 saturated heterocycles. The maximum absolute atomic E-state index is 13.2. The number of nitrogens with zero attached hydrogens (tertiary/aromatic N) is 3. The predicted octanol–water partition coefficient (Wildman–Crippen LogP) is 3.21. The summed E-state index contributed by atoms with van der Waals surface area (Å²) in [6, 6.07) is 11.7. The third kappa shape index (κ3) is 3.18. The second-order valence-electron chi connectivity index (χ2n) is 6.90. The number of fused-ring (bicyclic) bond motifs is 2. The Morgan fingerprint density at radius 1 is 0.963 bits per heavy atom. The molecule has 5 rings (SSSR count). The number of hydrogen-bond acceptors (Lipinski definition) is 5. The summed E-state index contributed by atoms with van der Waals surface area (Å²) in [6.45, 7) is 1.68. The molecule has 2 aliphatic rings. The Balaban J connectivity index is 1.42. The van der Waals surface area contributed by atoms with Gasteiger partial charge in [0.1, 0.15) is 13.2 Å². The lowest BCUT2D eigenvalue weighted by atomic mass is 10.1. The van der Waals surface area contributed by atoms with Crippen molar-refractivity contribution < 1.29 is 14.3 Å². The van der Waals surface area contributed by atoms with Gasteiger partial charge >= 0.3 is 0 Å². The van der Waals surface area contributed by atoms with Crippen LogP contribution in [0.2, 0.25) is 0 Å². The van der Waals surface area contributed by atoms with Crippen LogP contribution in [0.5, 0.6) is 11.5 Å². The lowest BCUT2D eigenvalue weighted by Crippen LogP contribution is -2.32. The van der Waals surface area contributed by atoms with Gasteiger partial charge in [-0.3, -0.25) is 14.8 Å². The first-order chi connectivity index (χ1) is 13.3. The van der Waals surface area contributed by atoms with Crippen molar-refractivity contribution in [2.45, 2.75) is 25.4 Å². The van der Waals surface area contributed by atoms with Crippen molar-refractivity contribution in [3.05, 3.63) is 59.9 Å². The number of aromatic nitrogens is 2. The van der Waals surface area contributed by atoms with E-state index < -0.39 is 0 Å². The highest BCUT2D eigenvalue weighted by Crippen LogP contribution is 2.34. The first-order valence-corrected chi connectivity index (χ1v) is 9.18. The molecule has 1 amide bonds. The maximum atomic E-state index is 13.2. The summed E-state index contributed by atoms with van der Waals surface area (Å²) in [6.07, 6.45) is 5.39. The molecule has 0 unspecified atom stereocenters. The highest BCUT2D eigenvalue weighted by atomic mass is 16.6. The number of ether oxygens (including phenoxy) is 2. The minimum Gasteiger partial charge on any atom is -0.486 e. The maximum Gasteiger partial charge on any atom is 0.254 e. The molecule has 27 heavy (non-hydrogen) atoms. The molecule has 0 bridgehead atoms. The van der Waals surface area contributed by atoms with E-state index in [1.54, 1.807) is 12.4 Å². The zero-order chi connectivity index (χ0) is 18.2. The molecule has 0 spiro atoms. The van der Waals surface area contributed by atoms with Crippen LogP contribution in [0.3, 0.4) is 0 Å². The smallest absolute Gasteiger partial charge is 0.254 e. The first kappa shape index (κ1) is 16.1. The van der Waals surface area contributed by atoms with Crippen LogP contribution in [0.1, 0.15) is 28.8 Å². The standard InChI is InChI=1S/C21H19N3O3/c25-21(15-2-5-17-18(12-15)23-8-7-22-17)24(16-3-4-16)13-14-1-6-19-20(11-14)27-10-9-26-19/h1-2,5-8,11-12,16H,3-4,9-10,13H2.